The average Bonchev–Trinajstić information content (AvgIpc) is 3.64. The molecular weight excluding hydrogens is 585 g/mol. The minimum Gasteiger partial charge on any atom is -0.497 e. The quantitative estimate of drug-likeness (QED) is 0.286. The first-order chi connectivity index (χ1) is 20.8. The average molecular weight is 628 g/mol. The van der Waals surface area contributed by atoms with Crippen molar-refractivity contribution in [1.82, 2.24) is 4.90 Å². The fourth-order valence-electron chi connectivity index (χ4n) is 7.28. The van der Waals surface area contributed by atoms with Gasteiger partial charge in [-0.15, -0.1) is 0 Å². The Kier molecular flexibility index (Phi) is 8.91. The number of aliphatic hydroxyl groups is 2. The molecule has 5 rings (SSSR count). The Morgan fingerprint density at radius 1 is 1.23 bits per heavy atom. The Balaban J connectivity index is 1.49. The van der Waals surface area contributed by atoms with Crippen LogP contribution in [0.3, 0.4) is 0 Å². The van der Waals surface area contributed by atoms with Crippen LogP contribution < -0.4 is 15.0 Å². The summed E-state index contributed by atoms with van der Waals surface area (Å²) < 4.78 is 28.4. The minimum atomic E-state index is -3.47. The van der Waals surface area contributed by atoms with Crippen molar-refractivity contribution in [2.45, 2.75) is 82.1 Å². The number of carbonyl (C=O) groups excluding carboxylic acids is 3. The van der Waals surface area contributed by atoms with Crippen molar-refractivity contribution < 1.29 is 38.2 Å². The molecule has 6 atom stereocenters. The van der Waals surface area contributed by atoms with Crippen LogP contribution in [0.15, 0.2) is 42.5 Å². The minimum absolute atomic E-state index is 0.0696. The van der Waals surface area contributed by atoms with Crippen molar-refractivity contribution in [2.75, 3.05) is 30.5 Å². The maximum Gasteiger partial charge on any atom is 0.264 e. The summed E-state index contributed by atoms with van der Waals surface area (Å²) in [5, 5.41) is 21.9. The molecule has 1 spiro atoms. The highest BCUT2D eigenvalue weighted by molar-refractivity contribution is 6.72. The van der Waals surface area contributed by atoms with E-state index in [0.29, 0.717) is 29.2 Å². The van der Waals surface area contributed by atoms with Crippen molar-refractivity contribution in [3.8, 4) is 5.75 Å². The van der Waals surface area contributed by atoms with Gasteiger partial charge in [0.25, 0.3) is 11.8 Å². The number of methoxy groups -OCH3 is 1. The van der Waals surface area contributed by atoms with Crippen molar-refractivity contribution >= 4 is 37.5 Å². The molecule has 3 N–H and O–H groups in total. The molecule has 2 saturated heterocycles. The lowest BCUT2D eigenvalue weighted by molar-refractivity contribution is -0.150. The zero-order valence-corrected chi connectivity index (χ0v) is 26.9. The topological polar surface area (TPSA) is 129 Å². The second kappa shape index (κ2) is 12.2. The summed E-state index contributed by atoms with van der Waals surface area (Å²) in [5.41, 5.74) is 0.351. The third-order valence-electron chi connectivity index (χ3n) is 9.39. The molecule has 0 aliphatic carbocycles. The van der Waals surface area contributed by atoms with E-state index in [-0.39, 0.29) is 37.4 Å². The van der Waals surface area contributed by atoms with E-state index in [9.17, 15) is 24.6 Å². The van der Waals surface area contributed by atoms with E-state index in [1.165, 1.54) is 14.0 Å². The Morgan fingerprint density at radius 2 is 1.93 bits per heavy atom. The summed E-state index contributed by atoms with van der Waals surface area (Å²) in [6.07, 6.45) is -0.523. The van der Waals surface area contributed by atoms with Crippen LogP contribution in [0.1, 0.15) is 44.2 Å². The number of hydrogen-bond donors (Lipinski definition) is 3. The highest BCUT2D eigenvalue weighted by Gasteiger charge is 2.67. The Labute approximate surface area is 258 Å². The van der Waals surface area contributed by atoms with Gasteiger partial charge in [-0.1, -0.05) is 19.1 Å². The van der Waals surface area contributed by atoms with Crippen molar-refractivity contribution in [3.63, 3.8) is 0 Å². The lowest BCUT2D eigenvalue weighted by atomic mass is 9.82. The lowest BCUT2D eigenvalue weighted by Gasteiger charge is -2.31. The number of rotatable bonds is 9. The largest absolute Gasteiger partial charge is 0.497 e. The maximum atomic E-state index is 16.2. The maximum absolute atomic E-state index is 16.2. The van der Waals surface area contributed by atoms with E-state index in [4.69, 9.17) is 9.47 Å². The van der Waals surface area contributed by atoms with Gasteiger partial charge in [0.05, 0.1) is 44.5 Å². The molecule has 44 heavy (non-hydrogen) atoms. The molecule has 3 aliphatic heterocycles. The number of nitrogens with one attached hydrogen (secondary N) is 1. The van der Waals surface area contributed by atoms with Crippen LogP contribution in [0, 0.1) is 5.92 Å². The first-order valence-corrected chi connectivity index (χ1v) is 18.1. The van der Waals surface area contributed by atoms with Crippen LogP contribution in [-0.4, -0.2) is 79.8 Å². The van der Waals surface area contributed by atoms with E-state index in [1.54, 1.807) is 65.4 Å². The smallest absolute Gasteiger partial charge is 0.264 e. The molecule has 0 aromatic heterocycles. The molecule has 2 aromatic carbocycles. The van der Waals surface area contributed by atoms with Gasteiger partial charge in [-0.2, -0.15) is 0 Å². The van der Waals surface area contributed by atoms with E-state index >= 15 is 4.11 Å². The molecule has 0 radical (unpaired) electrons. The molecule has 2 aromatic rings. The van der Waals surface area contributed by atoms with E-state index in [0.717, 1.165) is 18.4 Å². The fourth-order valence-corrected chi connectivity index (χ4v) is 9.77. The second-order valence-electron chi connectivity index (χ2n) is 12.7. The standard InChI is InChI=1S/C32H42FN3O7Si/c1-19-29(44(4,5)33)27(16-28(39)35-14-6-7-23(35)18-37)43-32(19)25-15-24(42-3)12-13-26(25)36(31(32)41)17-21-8-10-22(11-9-21)34-30(40)20(2)38/h8-13,15,19-20,23,27,29,37-38H,6-7,14,16-18H2,1-5H3,(H,34,40)/t19-,20-,23-,27+,29-,32+/m0/s1. The summed E-state index contributed by atoms with van der Waals surface area (Å²) in [5.74, 6) is -1.09. The number of anilines is 2. The van der Waals surface area contributed by atoms with Gasteiger partial charge >= 0.3 is 0 Å². The summed E-state index contributed by atoms with van der Waals surface area (Å²) >= 11 is 0. The molecule has 0 bridgehead atoms. The number of benzene rings is 2. The molecular formula is C32H42FN3O7Si. The van der Waals surface area contributed by atoms with E-state index in [2.05, 4.69) is 5.32 Å². The van der Waals surface area contributed by atoms with Crippen molar-refractivity contribution in [3.05, 3.63) is 53.6 Å². The van der Waals surface area contributed by atoms with E-state index in [1.807, 2.05) is 6.92 Å². The number of ether oxygens (including phenoxy) is 2. The third-order valence-corrected chi connectivity index (χ3v) is 11.9. The van der Waals surface area contributed by atoms with Crippen LogP contribution in [0.2, 0.25) is 18.6 Å². The number of halogens is 1. The SMILES string of the molecule is COc1ccc2c(c1)[C@@]1(O[C@H](CC(=O)N3CCC[C@H]3CO)[C@@H]([Si](C)(C)F)[C@@H]1C)C(=O)N2Cc1ccc(NC(=O)[C@H](C)O)cc1. The first kappa shape index (κ1) is 32.1. The Bertz CT molecular complexity index is 1420. The van der Waals surface area contributed by atoms with Crippen LogP contribution >= 0.6 is 0 Å². The van der Waals surface area contributed by atoms with Crippen LogP contribution in [0.25, 0.3) is 0 Å². The molecule has 3 heterocycles. The molecule has 12 heteroatoms. The molecule has 238 valence electrons. The van der Waals surface area contributed by atoms with Crippen molar-refractivity contribution in [2.24, 2.45) is 5.92 Å². The molecule has 2 fully saturated rings. The third kappa shape index (κ3) is 5.64. The zero-order chi connectivity index (χ0) is 32.0. The number of nitrogens with zero attached hydrogens (tertiary/aromatic N) is 2. The lowest BCUT2D eigenvalue weighted by Crippen LogP contribution is -2.45. The van der Waals surface area contributed by atoms with Gasteiger partial charge < -0.3 is 38.9 Å². The number of fused-ring (bicyclic) bond motifs is 2. The number of carbonyl (C=O) groups is 3. The fraction of sp³-hybridized carbons (Fsp3) is 0.531. The summed E-state index contributed by atoms with van der Waals surface area (Å²) in [6, 6.07) is 12.0. The number of hydrogen-bond acceptors (Lipinski definition) is 7. The molecule has 3 aliphatic rings. The number of likely N-dealkylation sites (tertiary alicyclic amines) is 1. The zero-order valence-electron chi connectivity index (χ0n) is 25.9. The second-order valence-corrected chi connectivity index (χ2v) is 16.5. The monoisotopic (exact) mass is 627 g/mol. The van der Waals surface area contributed by atoms with Gasteiger partial charge in [0.2, 0.25) is 14.3 Å². The van der Waals surface area contributed by atoms with Gasteiger partial charge in [0.15, 0.2) is 5.60 Å². The Morgan fingerprint density at radius 3 is 2.55 bits per heavy atom. The van der Waals surface area contributed by atoms with Gasteiger partial charge in [-0.05, 0) is 68.8 Å². The molecule has 0 saturated carbocycles. The highest BCUT2D eigenvalue weighted by Crippen LogP contribution is 2.60. The van der Waals surface area contributed by atoms with Gasteiger partial charge in [-0.3, -0.25) is 14.4 Å². The van der Waals surface area contributed by atoms with Crippen LogP contribution in [0.4, 0.5) is 15.5 Å². The van der Waals surface area contributed by atoms with Gasteiger partial charge in [0.1, 0.15) is 11.9 Å². The summed E-state index contributed by atoms with van der Waals surface area (Å²) in [4.78, 5) is 43.3. The van der Waals surface area contributed by atoms with Gasteiger partial charge in [0, 0.05) is 29.3 Å². The first-order valence-electron chi connectivity index (χ1n) is 15.2. The Hall–Kier alpha value is -3.32. The molecule has 3 amide bonds. The van der Waals surface area contributed by atoms with Crippen LogP contribution in [-0.2, 0) is 31.3 Å². The highest BCUT2D eigenvalue weighted by atomic mass is 28.4. The predicted molar refractivity (Wildman–Crippen MR) is 165 cm³/mol. The van der Waals surface area contributed by atoms with Gasteiger partial charge in [-0.25, -0.2) is 0 Å². The molecule has 10 nitrogen and oxygen atoms in total. The predicted octanol–water partition coefficient (Wildman–Crippen LogP) is 3.71. The number of amides is 3. The molecule has 0 unspecified atom stereocenters. The normalized spacial score (nSPS) is 27.1. The summed E-state index contributed by atoms with van der Waals surface area (Å²) in [7, 11) is -1.93. The summed E-state index contributed by atoms with van der Waals surface area (Å²) in [6.45, 7) is 7.03. The number of aliphatic hydroxyl groups excluding tert-OH is 2. The van der Waals surface area contributed by atoms with Crippen LogP contribution in [0.5, 0.6) is 5.75 Å². The van der Waals surface area contributed by atoms with E-state index < -0.39 is 43.6 Å². The van der Waals surface area contributed by atoms with Crippen molar-refractivity contribution in [1.29, 1.82) is 0 Å².